The van der Waals surface area contributed by atoms with Crippen LogP contribution in [0.2, 0.25) is 0 Å². The van der Waals surface area contributed by atoms with E-state index in [1.54, 1.807) is 6.08 Å². The van der Waals surface area contributed by atoms with Gasteiger partial charge in [-0.3, -0.25) is 14.4 Å². The molecule has 0 amide bonds. The van der Waals surface area contributed by atoms with Crippen molar-refractivity contribution in [1.82, 2.24) is 0 Å². The second kappa shape index (κ2) is 6.74. The van der Waals surface area contributed by atoms with Crippen molar-refractivity contribution in [3.8, 4) is 0 Å². The standard InChI is InChI=1S/C23H32O6/c1-13(24)29-12-19(27)23(28)9-7-17-16-5-4-14-10-15(25)6-8-21(14,2)20(16)18(26)11-22(17,23)3/h10,16-18,20,26,28H,4-9,11-12H2,1-3H3/t16-,17-,18-,20+,21-,22-,23-/m0/s1/i1D3. The Morgan fingerprint density at radius 3 is 2.76 bits per heavy atom. The van der Waals surface area contributed by atoms with Gasteiger partial charge in [-0.15, -0.1) is 0 Å². The molecule has 0 spiro atoms. The highest BCUT2D eigenvalue weighted by molar-refractivity contribution is 5.92. The van der Waals surface area contributed by atoms with Gasteiger partial charge < -0.3 is 14.9 Å². The molecule has 0 aromatic carbocycles. The Labute approximate surface area is 175 Å². The molecule has 2 N–H and O–H groups in total. The Hall–Kier alpha value is -1.53. The lowest BCUT2D eigenvalue weighted by Gasteiger charge is -2.60. The second-order valence-electron chi connectivity index (χ2n) is 9.98. The summed E-state index contributed by atoms with van der Waals surface area (Å²) in [6.07, 6.45) is 4.76. The van der Waals surface area contributed by atoms with Crippen LogP contribution in [0.25, 0.3) is 0 Å². The average molecular weight is 408 g/mol. The first-order valence-electron chi connectivity index (χ1n) is 12.1. The minimum absolute atomic E-state index is 0.000768. The number of rotatable bonds is 3. The van der Waals surface area contributed by atoms with Gasteiger partial charge in [0.15, 0.2) is 12.4 Å². The summed E-state index contributed by atoms with van der Waals surface area (Å²) < 4.78 is 25.9. The number of aliphatic hydroxyl groups excluding tert-OH is 1. The van der Waals surface area contributed by atoms with Crippen LogP contribution in [-0.2, 0) is 19.1 Å². The number of hydrogen-bond acceptors (Lipinski definition) is 6. The van der Waals surface area contributed by atoms with Crippen molar-refractivity contribution < 1.29 is 33.4 Å². The van der Waals surface area contributed by atoms with E-state index in [9.17, 15) is 24.6 Å². The zero-order chi connectivity index (χ0) is 23.7. The number of Topliss-reactive ketones (excluding diaryl/α,β-unsaturated/α-hetero) is 1. The fraction of sp³-hybridized carbons (Fsp3) is 0.783. The maximum absolute atomic E-state index is 13.0. The fourth-order valence-corrected chi connectivity index (χ4v) is 7.40. The van der Waals surface area contributed by atoms with E-state index in [0.717, 1.165) is 18.4 Å². The first-order valence-corrected chi connectivity index (χ1v) is 10.6. The van der Waals surface area contributed by atoms with E-state index in [1.807, 2.05) is 6.92 Å². The van der Waals surface area contributed by atoms with Crippen LogP contribution in [0.3, 0.4) is 0 Å². The third kappa shape index (κ3) is 2.86. The molecule has 0 unspecified atom stereocenters. The van der Waals surface area contributed by atoms with E-state index in [0.29, 0.717) is 19.3 Å². The summed E-state index contributed by atoms with van der Waals surface area (Å²) >= 11 is 0. The Bertz CT molecular complexity index is 881. The fourth-order valence-electron chi connectivity index (χ4n) is 7.40. The lowest BCUT2D eigenvalue weighted by molar-refractivity contribution is -0.184. The zero-order valence-corrected chi connectivity index (χ0v) is 17.1. The van der Waals surface area contributed by atoms with Gasteiger partial charge in [-0.25, -0.2) is 0 Å². The summed E-state index contributed by atoms with van der Waals surface area (Å²) in [6.45, 7) is 0.191. The number of allylic oxidation sites excluding steroid dienone is 1. The third-order valence-corrected chi connectivity index (χ3v) is 8.84. The molecule has 0 bridgehead atoms. The van der Waals surface area contributed by atoms with E-state index >= 15 is 0 Å². The molecule has 6 heteroatoms. The molecule has 4 aliphatic carbocycles. The Morgan fingerprint density at radius 1 is 1.28 bits per heavy atom. The minimum Gasteiger partial charge on any atom is -0.458 e. The van der Waals surface area contributed by atoms with Crippen LogP contribution in [0, 0.1) is 28.6 Å². The van der Waals surface area contributed by atoms with E-state index in [-0.39, 0.29) is 41.8 Å². The SMILES string of the molecule is [2H]C([2H])([2H])C(=O)OCC(=O)[C@@]1(O)CC[C@H]2[C@@H]3CCC4=CC(=O)CC[C@]4(C)[C@H]3[C@@H](O)C[C@@]21C. The third-order valence-electron chi connectivity index (χ3n) is 8.84. The van der Waals surface area contributed by atoms with Crippen molar-refractivity contribution in [2.45, 2.75) is 77.4 Å². The highest BCUT2D eigenvalue weighted by atomic mass is 16.5. The van der Waals surface area contributed by atoms with Gasteiger partial charge in [0.1, 0.15) is 5.60 Å². The Kier molecular flexibility index (Phi) is 3.99. The molecule has 0 aliphatic heterocycles. The first kappa shape index (κ1) is 17.2. The number of ether oxygens (including phenoxy) is 1. The molecular weight excluding hydrogens is 372 g/mol. The van der Waals surface area contributed by atoms with Gasteiger partial charge in [0, 0.05) is 22.8 Å². The van der Waals surface area contributed by atoms with Crippen LogP contribution in [0.15, 0.2) is 11.6 Å². The second-order valence-corrected chi connectivity index (χ2v) is 9.98. The highest BCUT2D eigenvalue weighted by Gasteiger charge is 2.68. The normalized spacial score (nSPS) is 48.2. The predicted molar refractivity (Wildman–Crippen MR) is 105 cm³/mol. The maximum atomic E-state index is 13.0. The molecule has 160 valence electrons. The summed E-state index contributed by atoms with van der Waals surface area (Å²) in [7, 11) is 0. The summed E-state index contributed by atoms with van der Waals surface area (Å²) in [5.41, 5.74) is -1.85. The molecule has 0 saturated heterocycles. The number of carbonyl (C=O) groups excluding carboxylic acids is 3. The van der Waals surface area contributed by atoms with Gasteiger partial charge in [0.25, 0.3) is 0 Å². The Morgan fingerprint density at radius 2 is 2.03 bits per heavy atom. The van der Waals surface area contributed by atoms with Crippen molar-refractivity contribution in [2.24, 2.45) is 28.6 Å². The number of esters is 1. The van der Waals surface area contributed by atoms with Crippen molar-refractivity contribution in [3.63, 3.8) is 0 Å². The van der Waals surface area contributed by atoms with Crippen molar-refractivity contribution in [1.29, 1.82) is 0 Å². The quantitative estimate of drug-likeness (QED) is 0.697. The molecule has 29 heavy (non-hydrogen) atoms. The van der Waals surface area contributed by atoms with Crippen LogP contribution in [-0.4, -0.2) is 46.1 Å². The lowest BCUT2D eigenvalue weighted by atomic mass is 9.45. The van der Waals surface area contributed by atoms with Crippen LogP contribution in [0.5, 0.6) is 0 Å². The smallest absolute Gasteiger partial charge is 0.303 e. The van der Waals surface area contributed by atoms with Crippen molar-refractivity contribution >= 4 is 17.5 Å². The summed E-state index contributed by atoms with van der Waals surface area (Å²) in [5.74, 6) is -1.98. The molecule has 3 saturated carbocycles. The summed E-state index contributed by atoms with van der Waals surface area (Å²) in [5, 5.41) is 22.9. The highest BCUT2D eigenvalue weighted by Crippen LogP contribution is 2.67. The zero-order valence-electron chi connectivity index (χ0n) is 20.1. The van der Waals surface area contributed by atoms with Gasteiger partial charge in [0.05, 0.1) is 6.10 Å². The van der Waals surface area contributed by atoms with Crippen LogP contribution < -0.4 is 0 Å². The molecule has 4 rings (SSSR count). The monoisotopic (exact) mass is 407 g/mol. The molecule has 7 atom stereocenters. The van der Waals surface area contributed by atoms with Gasteiger partial charge >= 0.3 is 5.97 Å². The van der Waals surface area contributed by atoms with Crippen LogP contribution in [0.4, 0.5) is 0 Å². The molecule has 3 fully saturated rings. The summed E-state index contributed by atoms with van der Waals surface area (Å²) in [4.78, 5) is 36.6. The van der Waals surface area contributed by atoms with Crippen molar-refractivity contribution in [3.05, 3.63) is 11.6 Å². The largest absolute Gasteiger partial charge is 0.458 e. The number of carbonyl (C=O) groups is 3. The van der Waals surface area contributed by atoms with Gasteiger partial charge in [0.2, 0.25) is 5.78 Å². The number of hydrogen-bond donors (Lipinski definition) is 2. The maximum Gasteiger partial charge on any atom is 0.303 e. The molecule has 0 aromatic heterocycles. The Balaban J connectivity index is 1.59. The van der Waals surface area contributed by atoms with Gasteiger partial charge in [-0.1, -0.05) is 19.4 Å². The van der Waals surface area contributed by atoms with Gasteiger partial charge in [-0.2, -0.15) is 0 Å². The van der Waals surface area contributed by atoms with Crippen LogP contribution in [0.1, 0.15) is 69.8 Å². The summed E-state index contributed by atoms with van der Waals surface area (Å²) in [6, 6.07) is 0. The van der Waals surface area contributed by atoms with Crippen molar-refractivity contribution in [2.75, 3.05) is 6.61 Å². The number of aliphatic hydroxyl groups is 2. The van der Waals surface area contributed by atoms with Gasteiger partial charge in [-0.05, 0) is 67.8 Å². The average Bonchev–Trinajstić information content (AvgIpc) is 2.97. The topological polar surface area (TPSA) is 101 Å². The predicted octanol–water partition coefficient (Wildman–Crippen LogP) is 2.35. The van der Waals surface area contributed by atoms with E-state index in [4.69, 9.17) is 4.11 Å². The van der Waals surface area contributed by atoms with Crippen LogP contribution >= 0.6 is 0 Å². The first-order chi connectivity index (χ1) is 14.7. The molecule has 4 aliphatic rings. The lowest BCUT2D eigenvalue weighted by Crippen LogP contribution is -2.62. The van der Waals surface area contributed by atoms with E-state index in [1.165, 1.54) is 0 Å². The molecular formula is C23H32O6. The van der Waals surface area contributed by atoms with E-state index in [2.05, 4.69) is 11.7 Å². The molecule has 0 radical (unpaired) electrons. The minimum atomic E-state index is -2.97. The number of fused-ring (bicyclic) bond motifs is 5. The number of ketones is 2. The van der Waals surface area contributed by atoms with E-state index < -0.39 is 42.3 Å². The molecule has 6 nitrogen and oxygen atoms in total. The molecule has 0 aromatic rings. The molecule has 0 heterocycles.